The van der Waals surface area contributed by atoms with Crippen LogP contribution in [0.25, 0.3) is 0 Å². The first-order valence-electron chi connectivity index (χ1n) is 4.40. The molecule has 0 radical (unpaired) electrons. The number of nitrogen functional groups attached to an aromatic ring is 1. The van der Waals surface area contributed by atoms with E-state index in [9.17, 15) is 0 Å². The second kappa shape index (κ2) is 4.20. The molecule has 7 heteroatoms. The van der Waals surface area contributed by atoms with Crippen LogP contribution >= 0.6 is 11.8 Å². The third kappa shape index (κ3) is 1.97. The van der Waals surface area contributed by atoms with Gasteiger partial charge in [0.25, 0.3) is 0 Å². The maximum Gasteiger partial charge on any atom is 0.213 e. The molecule has 0 aliphatic heterocycles. The summed E-state index contributed by atoms with van der Waals surface area (Å²) in [7, 11) is 1.75. The van der Waals surface area contributed by atoms with Crippen LogP contribution in [0.1, 0.15) is 5.56 Å². The second-order valence-corrected chi connectivity index (χ2v) is 4.09. The number of rotatable bonds is 2. The van der Waals surface area contributed by atoms with Gasteiger partial charge in [0.2, 0.25) is 5.16 Å². The van der Waals surface area contributed by atoms with Crippen LogP contribution < -0.4 is 5.73 Å². The Morgan fingerprint density at radius 2 is 2.31 bits per heavy atom. The molecule has 16 heavy (non-hydrogen) atoms. The quantitative estimate of drug-likeness (QED) is 0.770. The minimum Gasteiger partial charge on any atom is -0.398 e. The molecule has 0 aliphatic rings. The van der Waals surface area contributed by atoms with E-state index in [0.717, 1.165) is 4.90 Å². The smallest absolute Gasteiger partial charge is 0.213 e. The van der Waals surface area contributed by atoms with Crippen molar-refractivity contribution >= 4 is 17.4 Å². The number of tetrazole rings is 1. The van der Waals surface area contributed by atoms with Gasteiger partial charge in [0, 0.05) is 17.6 Å². The monoisotopic (exact) mass is 232 g/mol. The lowest BCUT2D eigenvalue weighted by molar-refractivity contribution is 0.664. The van der Waals surface area contributed by atoms with Gasteiger partial charge in [-0.2, -0.15) is 5.26 Å². The molecule has 0 spiro atoms. The fraction of sp³-hybridized carbons (Fsp3) is 0.111. The minimum atomic E-state index is 0.458. The average Bonchev–Trinajstić information content (AvgIpc) is 2.67. The van der Waals surface area contributed by atoms with Crippen molar-refractivity contribution < 1.29 is 0 Å². The van der Waals surface area contributed by atoms with E-state index in [2.05, 4.69) is 15.5 Å². The Morgan fingerprint density at radius 3 is 2.94 bits per heavy atom. The highest BCUT2D eigenvalue weighted by atomic mass is 32.2. The van der Waals surface area contributed by atoms with E-state index >= 15 is 0 Å². The highest BCUT2D eigenvalue weighted by molar-refractivity contribution is 7.99. The standard InChI is InChI=1S/C9H8N6S/c1-15-9(12-13-14-15)16-7-2-3-8(11)6(4-7)5-10/h2-4H,11H2,1H3. The lowest BCUT2D eigenvalue weighted by Crippen LogP contribution is -1.93. The summed E-state index contributed by atoms with van der Waals surface area (Å²) >= 11 is 1.38. The summed E-state index contributed by atoms with van der Waals surface area (Å²) < 4.78 is 1.56. The van der Waals surface area contributed by atoms with Gasteiger partial charge < -0.3 is 5.73 Å². The third-order valence-corrected chi connectivity index (χ3v) is 2.95. The third-order valence-electron chi connectivity index (χ3n) is 1.94. The van der Waals surface area contributed by atoms with Crippen LogP contribution in [0.4, 0.5) is 5.69 Å². The van der Waals surface area contributed by atoms with Crippen LogP contribution in [0.2, 0.25) is 0 Å². The summed E-state index contributed by atoms with van der Waals surface area (Å²) in [6, 6.07) is 7.28. The van der Waals surface area contributed by atoms with Crippen molar-refractivity contribution in [2.75, 3.05) is 5.73 Å². The minimum absolute atomic E-state index is 0.458. The molecule has 80 valence electrons. The van der Waals surface area contributed by atoms with E-state index in [0.29, 0.717) is 16.4 Å². The molecule has 1 heterocycles. The molecule has 0 saturated carbocycles. The Bertz CT molecular complexity index is 555. The maximum absolute atomic E-state index is 8.84. The van der Waals surface area contributed by atoms with Gasteiger partial charge in [0.15, 0.2) is 0 Å². The van der Waals surface area contributed by atoms with Gasteiger partial charge in [-0.1, -0.05) is 0 Å². The Balaban J connectivity index is 2.30. The summed E-state index contributed by atoms with van der Waals surface area (Å²) in [5.41, 5.74) is 6.56. The normalized spacial score (nSPS) is 10.0. The van der Waals surface area contributed by atoms with Gasteiger partial charge in [-0.15, -0.1) is 5.10 Å². The van der Waals surface area contributed by atoms with Crippen molar-refractivity contribution in [2.24, 2.45) is 7.05 Å². The molecule has 0 unspecified atom stereocenters. The van der Waals surface area contributed by atoms with E-state index in [4.69, 9.17) is 11.0 Å². The molecule has 2 aromatic rings. The molecule has 6 nitrogen and oxygen atoms in total. The van der Waals surface area contributed by atoms with Crippen LogP contribution in [-0.4, -0.2) is 20.2 Å². The fourth-order valence-corrected chi connectivity index (χ4v) is 1.88. The molecule has 2 N–H and O–H groups in total. The lowest BCUT2D eigenvalue weighted by atomic mass is 10.2. The molecule has 0 atom stereocenters. The SMILES string of the molecule is Cn1nnnc1Sc1ccc(N)c(C#N)c1. The van der Waals surface area contributed by atoms with E-state index in [-0.39, 0.29) is 0 Å². The van der Waals surface area contributed by atoms with Crippen LogP contribution in [0.3, 0.4) is 0 Å². The Hall–Kier alpha value is -2.07. The van der Waals surface area contributed by atoms with Crippen molar-refractivity contribution in [1.82, 2.24) is 20.2 Å². The van der Waals surface area contributed by atoms with Gasteiger partial charge in [-0.05, 0) is 40.4 Å². The largest absolute Gasteiger partial charge is 0.398 e. The Labute approximate surface area is 96.1 Å². The Morgan fingerprint density at radius 1 is 1.50 bits per heavy atom. The number of aryl methyl sites for hydroxylation is 1. The molecule has 1 aromatic heterocycles. The maximum atomic E-state index is 8.84. The zero-order valence-electron chi connectivity index (χ0n) is 8.45. The molecule has 0 amide bonds. The van der Waals surface area contributed by atoms with Gasteiger partial charge >= 0.3 is 0 Å². The first kappa shape index (κ1) is 10.4. The fourth-order valence-electron chi connectivity index (χ4n) is 1.11. The van der Waals surface area contributed by atoms with Crippen molar-refractivity contribution in [3.63, 3.8) is 0 Å². The van der Waals surface area contributed by atoms with Crippen molar-refractivity contribution in [2.45, 2.75) is 10.1 Å². The summed E-state index contributed by atoms with van der Waals surface area (Å²) in [4.78, 5) is 0.878. The zero-order chi connectivity index (χ0) is 11.5. The van der Waals surface area contributed by atoms with E-state index < -0.39 is 0 Å². The molecule has 0 aliphatic carbocycles. The number of nitrogens with zero attached hydrogens (tertiary/aromatic N) is 5. The first-order chi connectivity index (χ1) is 7.70. The molecular formula is C9H8N6S. The highest BCUT2D eigenvalue weighted by Crippen LogP contribution is 2.27. The molecule has 0 bridgehead atoms. The average molecular weight is 232 g/mol. The van der Waals surface area contributed by atoms with Crippen LogP contribution in [0.15, 0.2) is 28.3 Å². The van der Waals surface area contributed by atoms with Gasteiger partial charge in [-0.3, -0.25) is 0 Å². The molecule has 0 fully saturated rings. The van der Waals surface area contributed by atoms with E-state index in [1.807, 2.05) is 12.1 Å². The lowest BCUT2D eigenvalue weighted by Gasteiger charge is -2.01. The topological polar surface area (TPSA) is 93.4 Å². The Kier molecular flexibility index (Phi) is 2.74. The first-order valence-corrected chi connectivity index (χ1v) is 5.22. The van der Waals surface area contributed by atoms with Crippen molar-refractivity contribution in [3.8, 4) is 6.07 Å². The predicted octanol–water partition coefficient (Wildman–Crippen LogP) is 0.815. The second-order valence-electron chi connectivity index (χ2n) is 3.05. The van der Waals surface area contributed by atoms with Gasteiger partial charge in [0.05, 0.1) is 5.56 Å². The van der Waals surface area contributed by atoms with E-state index in [1.54, 1.807) is 23.9 Å². The highest BCUT2D eigenvalue weighted by Gasteiger charge is 2.06. The predicted molar refractivity (Wildman–Crippen MR) is 58.5 cm³/mol. The number of nitrogens with two attached hydrogens (primary N) is 1. The number of hydrogen-bond acceptors (Lipinski definition) is 6. The van der Waals surface area contributed by atoms with Crippen molar-refractivity contribution in [3.05, 3.63) is 23.8 Å². The number of anilines is 1. The number of aromatic nitrogens is 4. The van der Waals surface area contributed by atoms with Crippen LogP contribution in [0, 0.1) is 11.3 Å². The zero-order valence-corrected chi connectivity index (χ0v) is 9.27. The van der Waals surface area contributed by atoms with Crippen molar-refractivity contribution in [1.29, 1.82) is 5.26 Å². The number of nitriles is 1. The molecule has 0 saturated heterocycles. The van der Waals surface area contributed by atoms with Crippen LogP contribution in [-0.2, 0) is 7.05 Å². The summed E-state index contributed by atoms with van der Waals surface area (Å²) in [6.45, 7) is 0. The number of benzene rings is 1. The van der Waals surface area contributed by atoms with E-state index in [1.165, 1.54) is 11.8 Å². The summed E-state index contributed by atoms with van der Waals surface area (Å²) in [6.07, 6.45) is 0. The summed E-state index contributed by atoms with van der Waals surface area (Å²) in [5.74, 6) is 0. The van der Waals surface area contributed by atoms with Crippen LogP contribution in [0.5, 0.6) is 0 Å². The number of hydrogen-bond donors (Lipinski definition) is 1. The molecule has 1 aromatic carbocycles. The van der Waals surface area contributed by atoms with Gasteiger partial charge in [-0.25, -0.2) is 4.68 Å². The van der Waals surface area contributed by atoms with Gasteiger partial charge in [0.1, 0.15) is 6.07 Å². The molecule has 2 rings (SSSR count). The summed E-state index contributed by atoms with van der Waals surface area (Å²) in [5, 5.41) is 20.6. The molecular weight excluding hydrogens is 224 g/mol.